The first-order valence-corrected chi connectivity index (χ1v) is 5.20. The molecule has 86 valence electrons. The first kappa shape index (κ1) is 13.0. The standard InChI is InChI=1S/C13H10ClNO2/c1-2-7-17-13(16)11(9-15)8-10-3-5-12(14)6-4-10/h2-6,8H,1,7H2. The molecule has 0 heterocycles. The third-order valence-corrected chi connectivity index (χ3v) is 2.11. The summed E-state index contributed by atoms with van der Waals surface area (Å²) in [5.74, 6) is -0.664. The highest BCUT2D eigenvalue weighted by Gasteiger charge is 2.09. The highest BCUT2D eigenvalue weighted by molar-refractivity contribution is 6.30. The molecule has 0 saturated carbocycles. The first-order chi connectivity index (χ1) is 8.17. The maximum atomic E-state index is 11.4. The third kappa shape index (κ3) is 4.13. The number of hydrogen-bond acceptors (Lipinski definition) is 3. The fourth-order valence-corrected chi connectivity index (χ4v) is 1.20. The molecule has 1 aromatic carbocycles. The Bertz CT molecular complexity index is 483. The van der Waals surface area contributed by atoms with Gasteiger partial charge in [0.1, 0.15) is 18.2 Å². The molecule has 0 spiro atoms. The van der Waals surface area contributed by atoms with Gasteiger partial charge in [0.25, 0.3) is 0 Å². The van der Waals surface area contributed by atoms with Crippen LogP contribution >= 0.6 is 11.6 Å². The topological polar surface area (TPSA) is 50.1 Å². The zero-order valence-electron chi connectivity index (χ0n) is 9.02. The zero-order chi connectivity index (χ0) is 12.7. The molecule has 0 unspecified atom stereocenters. The van der Waals surface area contributed by atoms with E-state index in [9.17, 15) is 4.79 Å². The van der Waals surface area contributed by atoms with Crippen LogP contribution in [0.5, 0.6) is 0 Å². The van der Waals surface area contributed by atoms with Gasteiger partial charge in [-0.3, -0.25) is 0 Å². The second-order valence-corrected chi connectivity index (χ2v) is 3.54. The second kappa shape index (κ2) is 6.51. The minimum Gasteiger partial charge on any atom is -0.457 e. The van der Waals surface area contributed by atoms with Crippen molar-refractivity contribution in [1.29, 1.82) is 5.26 Å². The Labute approximate surface area is 105 Å². The lowest BCUT2D eigenvalue weighted by molar-refractivity contribution is -0.137. The van der Waals surface area contributed by atoms with Gasteiger partial charge in [0, 0.05) is 5.02 Å². The molecule has 0 saturated heterocycles. The lowest BCUT2D eigenvalue weighted by Gasteiger charge is -2.00. The number of nitriles is 1. The third-order valence-electron chi connectivity index (χ3n) is 1.85. The molecular weight excluding hydrogens is 238 g/mol. The summed E-state index contributed by atoms with van der Waals surface area (Å²) in [6.07, 6.45) is 2.89. The number of nitrogens with zero attached hydrogens (tertiary/aromatic N) is 1. The molecule has 17 heavy (non-hydrogen) atoms. The highest BCUT2D eigenvalue weighted by atomic mass is 35.5. The van der Waals surface area contributed by atoms with Gasteiger partial charge in [-0.1, -0.05) is 36.4 Å². The summed E-state index contributed by atoms with van der Waals surface area (Å²) >= 11 is 5.72. The number of halogens is 1. The fraction of sp³-hybridized carbons (Fsp3) is 0.0769. The van der Waals surface area contributed by atoms with Crippen LogP contribution in [0.4, 0.5) is 0 Å². The van der Waals surface area contributed by atoms with E-state index in [0.29, 0.717) is 10.6 Å². The van der Waals surface area contributed by atoms with Gasteiger partial charge in [-0.15, -0.1) is 0 Å². The van der Waals surface area contributed by atoms with Gasteiger partial charge in [0.15, 0.2) is 0 Å². The van der Waals surface area contributed by atoms with Gasteiger partial charge in [-0.05, 0) is 23.8 Å². The average Bonchev–Trinajstić information content (AvgIpc) is 2.35. The molecule has 0 atom stereocenters. The van der Waals surface area contributed by atoms with Crippen LogP contribution in [0.15, 0.2) is 42.5 Å². The van der Waals surface area contributed by atoms with Gasteiger partial charge < -0.3 is 4.74 Å². The molecular formula is C13H10ClNO2. The van der Waals surface area contributed by atoms with Crippen molar-refractivity contribution in [2.45, 2.75) is 0 Å². The van der Waals surface area contributed by atoms with Crippen LogP contribution in [0.1, 0.15) is 5.56 Å². The summed E-state index contributed by atoms with van der Waals surface area (Å²) in [6, 6.07) is 8.57. The minimum atomic E-state index is -0.664. The molecule has 0 bridgehead atoms. The number of carbonyl (C=O) groups excluding carboxylic acids is 1. The summed E-state index contributed by atoms with van der Waals surface area (Å²) in [4.78, 5) is 11.4. The summed E-state index contributed by atoms with van der Waals surface area (Å²) in [5.41, 5.74) is 0.649. The minimum absolute atomic E-state index is 0.0610. The van der Waals surface area contributed by atoms with Crippen molar-refractivity contribution in [3.05, 3.63) is 53.1 Å². The molecule has 1 aromatic rings. The Morgan fingerprint density at radius 2 is 2.12 bits per heavy atom. The van der Waals surface area contributed by atoms with Gasteiger partial charge in [-0.25, -0.2) is 4.79 Å². The molecule has 0 radical (unpaired) electrons. The van der Waals surface area contributed by atoms with Crippen LogP contribution in [-0.2, 0) is 9.53 Å². The van der Waals surface area contributed by atoms with Gasteiger partial charge >= 0.3 is 5.97 Å². The predicted molar refractivity (Wildman–Crippen MR) is 66.2 cm³/mol. The summed E-state index contributed by atoms with van der Waals surface area (Å²) in [7, 11) is 0. The van der Waals surface area contributed by atoms with Crippen LogP contribution in [0, 0.1) is 11.3 Å². The quantitative estimate of drug-likeness (QED) is 0.356. The van der Waals surface area contributed by atoms with Crippen molar-refractivity contribution >= 4 is 23.6 Å². The number of hydrogen-bond donors (Lipinski definition) is 0. The van der Waals surface area contributed by atoms with E-state index in [1.54, 1.807) is 30.3 Å². The van der Waals surface area contributed by atoms with Crippen LogP contribution in [0.3, 0.4) is 0 Å². The lowest BCUT2D eigenvalue weighted by atomic mass is 10.1. The van der Waals surface area contributed by atoms with Crippen LogP contribution < -0.4 is 0 Å². The Hall–Kier alpha value is -2.05. The Balaban J connectivity index is 2.87. The van der Waals surface area contributed by atoms with Crippen molar-refractivity contribution in [3.8, 4) is 6.07 Å². The normalized spacial score (nSPS) is 10.5. The molecule has 0 aromatic heterocycles. The van der Waals surface area contributed by atoms with Crippen molar-refractivity contribution in [2.24, 2.45) is 0 Å². The molecule has 0 aliphatic rings. The Kier molecular flexibility index (Phi) is 4.99. The van der Waals surface area contributed by atoms with Crippen LogP contribution in [-0.4, -0.2) is 12.6 Å². The first-order valence-electron chi connectivity index (χ1n) is 4.82. The maximum absolute atomic E-state index is 11.4. The van der Waals surface area contributed by atoms with Gasteiger partial charge in [-0.2, -0.15) is 5.26 Å². The monoisotopic (exact) mass is 247 g/mol. The molecule has 0 amide bonds. The number of benzene rings is 1. The van der Waals surface area contributed by atoms with Crippen molar-refractivity contribution < 1.29 is 9.53 Å². The van der Waals surface area contributed by atoms with Crippen molar-refractivity contribution in [2.75, 3.05) is 6.61 Å². The maximum Gasteiger partial charge on any atom is 0.349 e. The smallest absolute Gasteiger partial charge is 0.349 e. The molecule has 0 aliphatic carbocycles. The molecule has 4 heteroatoms. The van der Waals surface area contributed by atoms with Crippen molar-refractivity contribution in [1.82, 2.24) is 0 Å². The molecule has 0 N–H and O–H groups in total. The summed E-state index contributed by atoms with van der Waals surface area (Å²) in [6.45, 7) is 3.50. The highest BCUT2D eigenvalue weighted by Crippen LogP contribution is 2.13. The van der Waals surface area contributed by atoms with E-state index in [2.05, 4.69) is 6.58 Å². The summed E-state index contributed by atoms with van der Waals surface area (Å²) in [5, 5.41) is 9.43. The number of esters is 1. The predicted octanol–water partition coefficient (Wildman–Crippen LogP) is 2.98. The van der Waals surface area contributed by atoms with E-state index < -0.39 is 5.97 Å². The van der Waals surface area contributed by atoms with E-state index in [0.717, 1.165) is 0 Å². The number of ether oxygens (including phenoxy) is 1. The second-order valence-electron chi connectivity index (χ2n) is 3.11. The number of rotatable bonds is 4. The lowest BCUT2D eigenvalue weighted by Crippen LogP contribution is -2.06. The number of carbonyl (C=O) groups is 1. The van der Waals surface area contributed by atoms with E-state index in [4.69, 9.17) is 21.6 Å². The van der Waals surface area contributed by atoms with E-state index in [-0.39, 0.29) is 12.2 Å². The Morgan fingerprint density at radius 1 is 1.47 bits per heavy atom. The summed E-state index contributed by atoms with van der Waals surface area (Å²) < 4.78 is 4.77. The fourth-order valence-electron chi connectivity index (χ4n) is 1.07. The zero-order valence-corrected chi connectivity index (χ0v) is 9.78. The van der Waals surface area contributed by atoms with E-state index >= 15 is 0 Å². The molecule has 1 rings (SSSR count). The molecule has 0 aliphatic heterocycles. The van der Waals surface area contributed by atoms with Gasteiger partial charge in [0.05, 0.1) is 0 Å². The van der Waals surface area contributed by atoms with Crippen LogP contribution in [0.2, 0.25) is 5.02 Å². The average molecular weight is 248 g/mol. The van der Waals surface area contributed by atoms with Crippen LogP contribution in [0.25, 0.3) is 6.08 Å². The largest absolute Gasteiger partial charge is 0.457 e. The van der Waals surface area contributed by atoms with E-state index in [1.807, 2.05) is 0 Å². The van der Waals surface area contributed by atoms with Gasteiger partial charge in [0.2, 0.25) is 0 Å². The van der Waals surface area contributed by atoms with E-state index in [1.165, 1.54) is 12.2 Å². The molecule has 0 fully saturated rings. The van der Waals surface area contributed by atoms with Crippen molar-refractivity contribution in [3.63, 3.8) is 0 Å². The SMILES string of the molecule is C=CCOC(=O)C(C#N)=Cc1ccc(Cl)cc1. The Morgan fingerprint density at radius 3 is 2.65 bits per heavy atom. The molecule has 3 nitrogen and oxygen atoms in total.